The van der Waals surface area contributed by atoms with E-state index in [-0.39, 0.29) is 0 Å². The molecule has 0 bridgehead atoms. The molecule has 0 heterocycles. The van der Waals surface area contributed by atoms with Gasteiger partial charge in [0, 0.05) is 0 Å². The highest BCUT2D eigenvalue weighted by Crippen LogP contribution is 2.31. The van der Waals surface area contributed by atoms with Gasteiger partial charge in [0.05, 0.1) is 33.0 Å². The molecule has 0 aliphatic heterocycles. The van der Waals surface area contributed by atoms with Gasteiger partial charge in [0.1, 0.15) is 5.75 Å². The van der Waals surface area contributed by atoms with Gasteiger partial charge in [0.15, 0.2) is 11.5 Å². The SMILES string of the molecule is COc1cccc(C=C(C#N)c2ccc(OC)c(OC)c2)c1. The van der Waals surface area contributed by atoms with E-state index in [2.05, 4.69) is 6.07 Å². The zero-order chi connectivity index (χ0) is 15.9. The molecule has 0 saturated carbocycles. The lowest BCUT2D eigenvalue weighted by molar-refractivity contribution is 0.355. The molecule has 2 rings (SSSR count). The van der Waals surface area contributed by atoms with E-state index in [4.69, 9.17) is 14.2 Å². The van der Waals surface area contributed by atoms with Gasteiger partial charge in [-0.05, 0) is 47.5 Å². The van der Waals surface area contributed by atoms with Crippen LogP contribution in [0.2, 0.25) is 0 Å². The molecule has 0 saturated heterocycles. The second-order valence-corrected chi connectivity index (χ2v) is 4.52. The molecule has 0 N–H and O–H groups in total. The standard InChI is InChI=1S/C18H17NO3/c1-20-16-6-4-5-13(10-16)9-15(12-19)14-7-8-17(21-2)18(11-14)22-3/h4-11H,1-3H3. The van der Waals surface area contributed by atoms with Gasteiger partial charge in [0.2, 0.25) is 0 Å². The fourth-order valence-corrected chi connectivity index (χ4v) is 2.08. The fourth-order valence-electron chi connectivity index (χ4n) is 2.08. The molecule has 4 nitrogen and oxygen atoms in total. The van der Waals surface area contributed by atoms with Crippen LogP contribution in [0.15, 0.2) is 42.5 Å². The predicted octanol–water partition coefficient (Wildman–Crippen LogP) is 3.78. The molecule has 2 aromatic rings. The van der Waals surface area contributed by atoms with Crippen molar-refractivity contribution >= 4 is 11.6 Å². The summed E-state index contributed by atoms with van der Waals surface area (Å²) in [5.41, 5.74) is 2.20. The number of nitrogens with zero attached hydrogens (tertiary/aromatic N) is 1. The second-order valence-electron chi connectivity index (χ2n) is 4.52. The van der Waals surface area contributed by atoms with Crippen molar-refractivity contribution in [2.24, 2.45) is 0 Å². The van der Waals surface area contributed by atoms with Gasteiger partial charge in [-0.3, -0.25) is 0 Å². The Bertz CT molecular complexity index is 729. The third-order valence-electron chi connectivity index (χ3n) is 3.22. The molecule has 0 aliphatic rings. The van der Waals surface area contributed by atoms with E-state index in [0.717, 1.165) is 16.9 Å². The van der Waals surface area contributed by atoms with Crippen LogP contribution in [-0.4, -0.2) is 21.3 Å². The summed E-state index contributed by atoms with van der Waals surface area (Å²) in [4.78, 5) is 0. The Morgan fingerprint density at radius 1 is 0.955 bits per heavy atom. The molecule has 0 spiro atoms. The van der Waals surface area contributed by atoms with Crippen LogP contribution in [0.5, 0.6) is 17.2 Å². The summed E-state index contributed by atoms with van der Waals surface area (Å²) >= 11 is 0. The van der Waals surface area contributed by atoms with Gasteiger partial charge in [-0.2, -0.15) is 5.26 Å². The highest BCUT2D eigenvalue weighted by atomic mass is 16.5. The number of allylic oxidation sites excluding steroid dienone is 1. The maximum absolute atomic E-state index is 9.44. The quantitative estimate of drug-likeness (QED) is 0.622. The van der Waals surface area contributed by atoms with Crippen LogP contribution in [0.25, 0.3) is 11.6 Å². The van der Waals surface area contributed by atoms with Crippen molar-refractivity contribution in [3.8, 4) is 23.3 Å². The third kappa shape index (κ3) is 3.39. The van der Waals surface area contributed by atoms with Crippen molar-refractivity contribution in [2.75, 3.05) is 21.3 Å². The lowest BCUT2D eigenvalue weighted by Gasteiger charge is -2.09. The van der Waals surface area contributed by atoms with Crippen LogP contribution in [0.4, 0.5) is 0 Å². The molecule has 0 unspecified atom stereocenters. The normalized spacial score (nSPS) is 10.7. The van der Waals surface area contributed by atoms with E-state index < -0.39 is 0 Å². The summed E-state index contributed by atoms with van der Waals surface area (Å²) in [5, 5.41) is 9.44. The van der Waals surface area contributed by atoms with Crippen LogP contribution < -0.4 is 14.2 Å². The first kappa shape index (κ1) is 15.5. The smallest absolute Gasteiger partial charge is 0.161 e. The number of hydrogen-bond donors (Lipinski definition) is 0. The molecular weight excluding hydrogens is 278 g/mol. The molecular formula is C18H17NO3. The molecule has 0 aromatic heterocycles. The van der Waals surface area contributed by atoms with Gasteiger partial charge >= 0.3 is 0 Å². The van der Waals surface area contributed by atoms with E-state index >= 15 is 0 Å². The van der Waals surface area contributed by atoms with Crippen molar-refractivity contribution in [3.63, 3.8) is 0 Å². The van der Waals surface area contributed by atoms with Crippen molar-refractivity contribution < 1.29 is 14.2 Å². The van der Waals surface area contributed by atoms with E-state index in [1.807, 2.05) is 36.4 Å². The maximum Gasteiger partial charge on any atom is 0.161 e. The molecule has 2 aromatic carbocycles. The Hall–Kier alpha value is -2.93. The van der Waals surface area contributed by atoms with Crippen LogP contribution in [0.3, 0.4) is 0 Å². The average molecular weight is 295 g/mol. The molecule has 0 atom stereocenters. The minimum absolute atomic E-state index is 0.536. The molecule has 0 amide bonds. The zero-order valence-electron chi connectivity index (χ0n) is 12.8. The van der Waals surface area contributed by atoms with Gasteiger partial charge in [-0.15, -0.1) is 0 Å². The van der Waals surface area contributed by atoms with E-state index in [1.54, 1.807) is 33.5 Å². The summed E-state index contributed by atoms with van der Waals surface area (Å²) < 4.78 is 15.7. The molecule has 0 radical (unpaired) electrons. The van der Waals surface area contributed by atoms with Crippen molar-refractivity contribution in [3.05, 3.63) is 53.6 Å². The zero-order valence-corrected chi connectivity index (χ0v) is 12.8. The third-order valence-corrected chi connectivity index (χ3v) is 3.22. The number of benzene rings is 2. The van der Waals surface area contributed by atoms with Gasteiger partial charge in [0.25, 0.3) is 0 Å². The Kier molecular flexibility index (Phi) is 5.05. The number of ether oxygens (including phenoxy) is 3. The second kappa shape index (κ2) is 7.19. The minimum Gasteiger partial charge on any atom is -0.497 e. The number of hydrogen-bond acceptors (Lipinski definition) is 4. The number of methoxy groups -OCH3 is 3. The monoisotopic (exact) mass is 295 g/mol. The van der Waals surface area contributed by atoms with Crippen LogP contribution in [0, 0.1) is 11.3 Å². The van der Waals surface area contributed by atoms with Gasteiger partial charge in [-0.1, -0.05) is 12.1 Å². The maximum atomic E-state index is 9.44. The molecule has 22 heavy (non-hydrogen) atoms. The molecule has 0 fully saturated rings. The molecule has 4 heteroatoms. The Labute approximate surface area is 130 Å². The van der Waals surface area contributed by atoms with Crippen molar-refractivity contribution in [1.82, 2.24) is 0 Å². The minimum atomic E-state index is 0.536. The number of rotatable bonds is 5. The Morgan fingerprint density at radius 2 is 1.73 bits per heavy atom. The summed E-state index contributed by atoms with van der Waals surface area (Å²) in [7, 11) is 4.76. The van der Waals surface area contributed by atoms with E-state index in [1.165, 1.54) is 0 Å². The Balaban J connectivity index is 2.43. The predicted molar refractivity (Wildman–Crippen MR) is 86.0 cm³/mol. The van der Waals surface area contributed by atoms with E-state index in [9.17, 15) is 5.26 Å². The summed E-state index contributed by atoms with van der Waals surface area (Å²) in [6, 6.07) is 15.1. The van der Waals surface area contributed by atoms with Crippen molar-refractivity contribution in [2.45, 2.75) is 0 Å². The highest BCUT2D eigenvalue weighted by Gasteiger charge is 2.08. The first-order valence-corrected chi connectivity index (χ1v) is 6.70. The Morgan fingerprint density at radius 3 is 2.36 bits per heavy atom. The summed E-state index contributed by atoms with van der Waals surface area (Å²) in [6.45, 7) is 0. The molecule has 112 valence electrons. The van der Waals surface area contributed by atoms with Gasteiger partial charge in [-0.25, -0.2) is 0 Å². The topological polar surface area (TPSA) is 51.5 Å². The van der Waals surface area contributed by atoms with Crippen LogP contribution in [-0.2, 0) is 0 Å². The van der Waals surface area contributed by atoms with Crippen molar-refractivity contribution in [1.29, 1.82) is 5.26 Å². The van der Waals surface area contributed by atoms with E-state index in [0.29, 0.717) is 17.1 Å². The highest BCUT2D eigenvalue weighted by molar-refractivity contribution is 5.90. The first-order chi connectivity index (χ1) is 10.7. The van der Waals surface area contributed by atoms with Crippen LogP contribution >= 0.6 is 0 Å². The first-order valence-electron chi connectivity index (χ1n) is 6.70. The largest absolute Gasteiger partial charge is 0.497 e. The lowest BCUT2D eigenvalue weighted by Crippen LogP contribution is -1.92. The molecule has 0 aliphatic carbocycles. The number of nitriles is 1. The lowest BCUT2D eigenvalue weighted by atomic mass is 10.0. The van der Waals surface area contributed by atoms with Gasteiger partial charge < -0.3 is 14.2 Å². The average Bonchev–Trinajstić information content (AvgIpc) is 2.59. The van der Waals surface area contributed by atoms with Crippen LogP contribution in [0.1, 0.15) is 11.1 Å². The summed E-state index contributed by atoms with van der Waals surface area (Å²) in [5.74, 6) is 1.97. The summed E-state index contributed by atoms with van der Waals surface area (Å²) in [6.07, 6.45) is 1.81. The fraction of sp³-hybridized carbons (Fsp3) is 0.167.